The number of sulfonamides is 1. The second-order valence-corrected chi connectivity index (χ2v) is 11.0. The average Bonchev–Trinajstić information content (AvgIpc) is 2.89. The van der Waals surface area contributed by atoms with Crippen LogP contribution < -0.4 is 14.4 Å². The number of hydrogen-bond donors (Lipinski definition) is 1. The number of carbonyl (C=O) groups is 2. The molecule has 3 aromatic rings. The minimum atomic E-state index is -3.83. The number of anilines is 1. The summed E-state index contributed by atoms with van der Waals surface area (Å²) in [6.45, 7) is 3.66. The summed E-state index contributed by atoms with van der Waals surface area (Å²) in [5.41, 5.74) is 1.07. The predicted molar refractivity (Wildman–Crippen MR) is 150 cm³/mol. The van der Waals surface area contributed by atoms with Crippen LogP contribution in [-0.4, -0.2) is 50.5 Å². The van der Waals surface area contributed by atoms with Crippen molar-refractivity contribution >= 4 is 39.1 Å². The Morgan fingerprint density at radius 1 is 0.921 bits per heavy atom. The fraction of sp³-hybridized carbons (Fsp3) is 0.286. The Morgan fingerprint density at radius 3 is 2.08 bits per heavy atom. The van der Waals surface area contributed by atoms with Gasteiger partial charge in [0.1, 0.15) is 24.1 Å². The van der Waals surface area contributed by atoms with Crippen LogP contribution in [0.25, 0.3) is 0 Å². The summed E-state index contributed by atoms with van der Waals surface area (Å²) in [4.78, 5) is 27.9. The van der Waals surface area contributed by atoms with E-state index >= 15 is 0 Å². The van der Waals surface area contributed by atoms with E-state index < -0.39 is 28.5 Å². The Morgan fingerprint density at radius 2 is 1.53 bits per heavy atom. The molecule has 0 aliphatic rings. The molecule has 1 N–H and O–H groups in total. The van der Waals surface area contributed by atoms with Gasteiger partial charge in [0.25, 0.3) is 0 Å². The maximum absolute atomic E-state index is 13.7. The van der Waals surface area contributed by atoms with Crippen molar-refractivity contribution < 1.29 is 22.7 Å². The number of carbonyl (C=O) groups excluding carboxylic acids is 2. The summed E-state index contributed by atoms with van der Waals surface area (Å²) in [6.07, 6.45) is 1.40. The molecule has 8 nitrogen and oxygen atoms in total. The summed E-state index contributed by atoms with van der Waals surface area (Å²) in [6, 6.07) is 21.8. The van der Waals surface area contributed by atoms with E-state index in [-0.39, 0.29) is 12.5 Å². The summed E-state index contributed by atoms with van der Waals surface area (Å²) >= 11 is 6.01. The quantitative estimate of drug-likeness (QED) is 0.344. The molecule has 0 bridgehead atoms. The lowest BCUT2D eigenvalue weighted by molar-refractivity contribution is -0.140. The molecule has 0 spiro atoms. The standard InChI is InChI=1S/C28H32ClN3O5S/c1-4-26(28(34)30-5-2)31(19-21-11-13-22(29)14-12-21)27(33)20-32(38(3,35)36)23-15-17-25(18-16-23)37-24-9-7-6-8-10-24/h6-18,26H,4-5,19-20H2,1-3H3,(H,30,34)/t26-/m1/s1. The van der Waals surface area contributed by atoms with E-state index in [1.54, 1.807) is 55.5 Å². The third kappa shape index (κ3) is 7.97. The largest absolute Gasteiger partial charge is 0.457 e. The van der Waals surface area contributed by atoms with Gasteiger partial charge in [-0.3, -0.25) is 13.9 Å². The number of halogens is 1. The number of amides is 2. The van der Waals surface area contributed by atoms with Crippen LogP contribution in [0, 0.1) is 0 Å². The molecule has 0 radical (unpaired) electrons. The van der Waals surface area contributed by atoms with Crippen LogP contribution in [0.3, 0.4) is 0 Å². The van der Waals surface area contributed by atoms with Gasteiger partial charge in [-0.1, -0.05) is 48.9 Å². The maximum atomic E-state index is 13.7. The Labute approximate surface area is 229 Å². The second kappa shape index (κ2) is 13.3. The zero-order valence-corrected chi connectivity index (χ0v) is 23.2. The third-order valence-electron chi connectivity index (χ3n) is 5.79. The topological polar surface area (TPSA) is 96.0 Å². The molecule has 0 saturated carbocycles. The normalized spacial score (nSPS) is 11.9. The van der Waals surface area contributed by atoms with Crippen molar-refractivity contribution in [3.05, 3.63) is 89.4 Å². The Hall–Kier alpha value is -3.56. The average molecular weight is 558 g/mol. The Balaban J connectivity index is 1.88. The summed E-state index contributed by atoms with van der Waals surface area (Å²) in [5.74, 6) is 0.356. The van der Waals surface area contributed by atoms with Crippen molar-refractivity contribution in [2.24, 2.45) is 0 Å². The second-order valence-electron chi connectivity index (χ2n) is 8.65. The molecule has 0 saturated heterocycles. The van der Waals surface area contributed by atoms with Crippen LogP contribution in [0.5, 0.6) is 11.5 Å². The molecule has 202 valence electrons. The van der Waals surface area contributed by atoms with E-state index in [0.29, 0.717) is 35.2 Å². The van der Waals surface area contributed by atoms with Gasteiger partial charge in [-0.25, -0.2) is 8.42 Å². The van der Waals surface area contributed by atoms with Crippen molar-refractivity contribution in [3.63, 3.8) is 0 Å². The molecule has 0 aromatic heterocycles. The fourth-order valence-corrected chi connectivity index (χ4v) is 4.89. The first-order chi connectivity index (χ1) is 18.1. The molecule has 38 heavy (non-hydrogen) atoms. The fourth-order valence-electron chi connectivity index (χ4n) is 3.92. The number of hydrogen-bond acceptors (Lipinski definition) is 5. The highest BCUT2D eigenvalue weighted by Crippen LogP contribution is 2.26. The highest BCUT2D eigenvalue weighted by atomic mass is 35.5. The highest BCUT2D eigenvalue weighted by Gasteiger charge is 2.31. The number of nitrogens with zero attached hydrogens (tertiary/aromatic N) is 2. The van der Waals surface area contributed by atoms with Crippen molar-refractivity contribution in [2.45, 2.75) is 32.9 Å². The SMILES string of the molecule is CCNC(=O)[C@@H](CC)N(Cc1ccc(Cl)cc1)C(=O)CN(c1ccc(Oc2ccccc2)cc1)S(C)(=O)=O. The van der Waals surface area contributed by atoms with Crippen molar-refractivity contribution in [3.8, 4) is 11.5 Å². The van der Waals surface area contributed by atoms with Gasteiger partial charge in [0.05, 0.1) is 11.9 Å². The maximum Gasteiger partial charge on any atom is 0.244 e. The molecule has 2 amide bonds. The van der Waals surface area contributed by atoms with Crippen molar-refractivity contribution in [1.82, 2.24) is 10.2 Å². The zero-order chi connectivity index (χ0) is 27.7. The number of nitrogens with one attached hydrogen (secondary N) is 1. The number of likely N-dealkylation sites (N-methyl/N-ethyl adjacent to an activating group) is 1. The lowest BCUT2D eigenvalue weighted by atomic mass is 10.1. The van der Waals surface area contributed by atoms with Gasteiger partial charge in [0.15, 0.2) is 0 Å². The Bertz CT molecular complexity index is 1320. The van der Waals surface area contributed by atoms with Gasteiger partial charge >= 0.3 is 0 Å². The van der Waals surface area contributed by atoms with Crippen LogP contribution >= 0.6 is 11.6 Å². The molecule has 3 rings (SSSR count). The minimum Gasteiger partial charge on any atom is -0.457 e. The first kappa shape index (κ1) is 29.0. The predicted octanol–water partition coefficient (Wildman–Crippen LogP) is 4.84. The molecule has 0 fully saturated rings. The minimum absolute atomic E-state index is 0.118. The van der Waals surface area contributed by atoms with E-state index in [2.05, 4.69) is 5.32 Å². The summed E-state index contributed by atoms with van der Waals surface area (Å²) in [7, 11) is -3.83. The van der Waals surface area contributed by atoms with E-state index in [1.165, 1.54) is 4.90 Å². The summed E-state index contributed by atoms with van der Waals surface area (Å²) in [5, 5.41) is 3.32. The van der Waals surface area contributed by atoms with Gasteiger partial charge < -0.3 is 15.0 Å². The molecule has 3 aromatic carbocycles. The third-order valence-corrected chi connectivity index (χ3v) is 7.18. The van der Waals surface area contributed by atoms with E-state index in [1.807, 2.05) is 37.3 Å². The van der Waals surface area contributed by atoms with E-state index in [4.69, 9.17) is 16.3 Å². The van der Waals surface area contributed by atoms with Crippen LogP contribution in [0.1, 0.15) is 25.8 Å². The first-order valence-electron chi connectivity index (χ1n) is 12.2. The highest BCUT2D eigenvalue weighted by molar-refractivity contribution is 7.92. The van der Waals surface area contributed by atoms with Crippen LogP contribution in [0.4, 0.5) is 5.69 Å². The van der Waals surface area contributed by atoms with E-state index in [0.717, 1.165) is 16.1 Å². The van der Waals surface area contributed by atoms with Gasteiger partial charge in [0.2, 0.25) is 21.8 Å². The first-order valence-corrected chi connectivity index (χ1v) is 14.5. The number of ether oxygens (including phenoxy) is 1. The van der Waals surface area contributed by atoms with Crippen LogP contribution in [-0.2, 0) is 26.2 Å². The lowest BCUT2D eigenvalue weighted by Crippen LogP contribution is -2.52. The molecule has 0 heterocycles. The zero-order valence-electron chi connectivity index (χ0n) is 21.6. The van der Waals surface area contributed by atoms with Gasteiger partial charge in [-0.15, -0.1) is 0 Å². The smallest absolute Gasteiger partial charge is 0.244 e. The molecule has 0 aliphatic heterocycles. The van der Waals surface area contributed by atoms with Gasteiger partial charge in [0, 0.05) is 18.1 Å². The molecule has 10 heteroatoms. The molecule has 0 aliphatic carbocycles. The molecular formula is C28H32ClN3O5S. The Kier molecular flexibility index (Phi) is 10.2. The molecule has 1 atom stereocenters. The number of rotatable bonds is 12. The number of para-hydroxylation sites is 1. The van der Waals surface area contributed by atoms with Gasteiger partial charge in [-0.05, 0) is 67.4 Å². The monoisotopic (exact) mass is 557 g/mol. The molecule has 0 unspecified atom stereocenters. The van der Waals surface area contributed by atoms with E-state index in [9.17, 15) is 18.0 Å². The number of benzene rings is 3. The van der Waals surface area contributed by atoms with Crippen LogP contribution in [0.15, 0.2) is 78.9 Å². The summed E-state index contributed by atoms with van der Waals surface area (Å²) < 4.78 is 32.4. The lowest BCUT2D eigenvalue weighted by Gasteiger charge is -2.32. The molecular weight excluding hydrogens is 526 g/mol. The van der Waals surface area contributed by atoms with Gasteiger partial charge in [-0.2, -0.15) is 0 Å². The van der Waals surface area contributed by atoms with Crippen LogP contribution in [0.2, 0.25) is 5.02 Å². The van der Waals surface area contributed by atoms with Crippen molar-refractivity contribution in [2.75, 3.05) is 23.7 Å². The van der Waals surface area contributed by atoms with Crippen molar-refractivity contribution in [1.29, 1.82) is 0 Å².